The van der Waals surface area contributed by atoms with Crippen LogP contribution in [0.4, 0.5) is 0 Å². The van der Waals surface area contributed by atoms with Crippen molar-refractivity contribution in [2.45, 2.75) is 12.8 Å². The van der Waals surface area contributed by atoms with E-state index in [1.54, 1.807) is 0 Å². The molecule has 1 rings (SSSR count). The van der Waals surface area contributed by atoms with Crippen LogP contribution < -0.4 is 0 Å². The highest BCUT2D eigenvalue weighted by Gasteiger charge is 2.27. The lowest BCUT2D eigenvalue weighted by atomic mass is 10.3. The van der Waals surface area contributed by atoms with E-state index < -0.39 is 17.7 Å². The lowest BCUT2D eigenvalue weighted by Gasteiger charge is -2.19. The van der Waals surface area contributed by atoms with E-state index in [9.17, 15) is 14.4 Å². The molecule has 0 aromatic rings. The molecular weight excluding hydrogens is 186 g/mol. The van der Waals surface area contributed by atoms with Gasteiger partial charge in [-0.2, -0.15) is 0 Å². The summed E-state index contributed by atoms with van der Waals surface area (Å²) < 4.78 is 4.97. The first-order valence-corrected chi connectivity index (χ1v) is 4.26. The zero-order chi connectivity index (χ0) is 10.6. The Bertz CT molecular complexity index is 267. The van der Waals surface area contributed by atoms with Crippen LogP contribution in [0, 0.1) is 0 Å². The summed E-state index contributed by atoms with van der Waals surface area (Å²) >= 11 is 0. The van der Waals surface area contributed by atoms with Crippen LogP contribution in [0.15, 0.2) is 12.7 Å². The Morgan fingerprint density at radius 1 is 1.29 bits per heavy atom. The molecule has 0 bridgehead atoms. The Kier molecular flexibility index (Phi) is 3.53. The van der Waals surface area contributed by atoms with Crippen LogP contribution in [0.5, 0.6) is 0 Å². The molecule has 0 unspecified atom stereocenters. The summed E-state index contributed by atoms with van der Waals surface area (Å²) in [6.45, 7) is 3.72. The third kappa shape index (κ3) is 2.26. The molecule has 3 amide bonds. The molecule has 5 heteroatoms. The first-order valence-electron chi connectivity index (χ1n) is 4.26. The van der Waals surface area contributed by atoms with Gasteiger partial charge in [0.15, 0.2) is 0 Å². The van der Waals surface area contributed by atoms with Gasteiger partial charge in [-0.1, -0.05) is 6.58 Å². The standard InChI is InChI=1S/C9H11NO4/c1-2-7(11)10-8(12)3-5-14-6-4-9(10)13/h2H,1,3-6H2. The molecule has 76 valence electrons. The number of hydrogen-bond donors (Lipinski definition) is 0. The molecular formula is C9H11NO4. The van der Waals surface area contributed by atoms with Gasteiger partial charge in [0.1, 0.15) is 0 Å². The summed E-state index contributed by atoms with van der Waals surface area (Å²) in [5, 5.41) is 0. The third-order valence-electron chi connectivity index (χ3n) is 1.81. The molecule has 14 heavy (non-hydrogen) atoms. The predicted molar refractivity (Wildman–Crippen MR) is 47.1 cm³/mol. The van der Waals surface area contributed by atoms with E-state index in [4.69, 9.17) is 4.74 Å². The van der Waals surface area contributed by atoms with E-state index in [1.807, 2.05) is 0 Å². The summed E-state index contributed by atoms with van der Waals surface area (Å²) in [4.78, 5) is 34.5. The van der Waals surface area contributed by atoms with E-state index >= 15 is 0 Å². The molecule has 0 radical (unpaired) electrons. The van der Waals surface area contributed by atoms with Crippen molar-refractivity contribution in [2.24, 2.45) is 0 Å². The van der Waals surface area contributed by atoms with Gasteiger partial charge < -0.3 is 4.74 Å². The largest absolute Gasteiger partial charge is 0.380 e. The minimum atomic E-state index is -0.665. The highest BCUT2D eigenvalue weighted by atomic mass is 16.5. The molecule has 1 heterocycles. The van der Waals surface area contributed by atoms with Gasteiger partial charge in [-0.25, -0.2) is 4.90 Å². The monoisotopic (exact) mass is 197 g/mol. The van der Waals surface area contributed by atoms with Gasteiger partial charge in [0.25, 0.3) is 5.91 Å². The number of hydrogen-bond acceptors (Lipinski definition) is 4. The zero-order valence-corrected chi connectivity index (χ0v) is 7.69. The fraction of sp³-hybridized carbons (Fsp3) is 0.444. The molecule has 0 saturated carbocycles. The third-order valence-corrected chi connectivity index (χ3v) is 1.81. The van der Waals surface area contributed by atoms with Crippen molar-refractivity contribution in [2.75, 3.05) is 13.2 Å². The van der Waals surface area contributed by atoms with Crippen LogP contribution in [0.2, 0.25) is 0 Å². The molecule has 0 aliphatic carbocycles. The number of ether oxygens (including phenoxy) is 1. The second-order valence-corrected chi connectivity index (χ2v) is 2.78. The number of nitrogens with zero attached hydrogens (tertiary/aromatic N) is 1. The molecule has 1 aliphatic rings. The van der Waals surface area contributed by atoms with Crippen molar-refractivity contribution in [3.63, 3.8) is 0 Å². The number of amides is 3. The molecule has 0 atom stereocenters. The Morgan fingerprint density at radius 2 is 1.79 bits per heavy atom. The Labute approximate surface area is 81.3 Å². The summed E-state index contributed by atoms with van der Waals surface area (Å²) in [6, 6.07) is 0. The van der Waals surface area contributed by atoms with E-state index in [0.29, 0.717) is 4.90 Å². The molecule has 5 nitrogen and oxygen atoms in total. The molecule has 0 aromatic heterocycles. The first-order chi connectivity index (χ1) is 6.66. The van der Waals surface area contributed by atoms with Gasteiger partial charge in [-0.15, -0.1) is 0 Å². The summed E-state index contributed by atoms with van der Waals surface area (Å²) in [6.07, 6.45) is 1.05. The van der Waals surface area contributed by atoms with Crippen molar-refractivity contribution in [3.05, 3.63) is 12.7 Å². The van der Waals surface area contributed by atoms with Gasteiger partial charge in [0, 0.05) is 0 Å². The van der Waals surface area contributed by atoms with Crippen LogP contribution >= 0.6 is 0 Å². The van der Waals surface area contributed by atoms with Gasteiger partial charge in [0.2, 0.25) is 11.8 Å². The number of rotatable bonds is 1. The molecule has 0 spiro atoms. The number of imide groups is 3. The smallest absolute Gasteiger partial charge is 0.259 e. The maximum atomic E-state index is 11.3. The van der Waals surface area contributed by atoms with Gasteiger partial charge in [-0.05, 0) is 6.08 Å². The van der Waals surface area contributed by atoms with Crippen molar-refractivity contribution in [3.8, 4) is 0 Å². The minimum Gasteiger partial charge on any atom is -0.380 e. The molecule has 0 N–H and O–H groups in total. The Morgan fingerprint density at radius 3 is 2.21 bits per heavy atom. The summed E-state index contributed by atoms with van der Waals surface area (Å²) in [5.74, 6) is -1.72. The van der Waals surface area contributed by atoms with E-state index in [1.165, 1.54) is 0 Å². The van der Waals surface area contributed by atoms with Crippen LogP contribution in [0.3, 0.4) is 0 Å². The van der Waals surface area contributed by atoms with E-state index in [2.05, 4.69) is 6.58 Å². The maximum Gasteiger partial charge on any atom is 0.259 e. The minimum absolute atomic E-state index is 0.0469. The molecule has 0 aromatic carbocycles. The second-order valence-electron chi connectivity index (χ2n) is 2.78. The predicted octanol–water partition coefficient (Wildman–Crippen LogP) is -0.135. The van der Waals surface area contributed by atoms with E-state index in [0.717, 1.165) is 6.08 Å². The fourth-order valence-corrected chi connectivity index (χ4v) is 1.12. The van der Waals surface area contributed by atoms with Gasteiger partial charge in [-0.3, -0.25) is 14.4 Å². The molecule has 1 fully saturated rings. The average Bonchev–Trinajstić information content (AvgIpc) is 2.15. The number of carbonyl (C=O) groups is 3. The first kappa shape index (κ1) is 10.6. The summed E-state index contributed by atoms with van der Waals surface area (Å²) in [7, 11) is 0. The normalized spacial score (nSPS) is 18.7. The Balaban J connectivity index is 2.82. The topological polar surface area (TPSA) is 63.7 Å². The fourth-order valence-electron chi connectivity index (χ4n) is 1.12. The lowest BCUT2D eigenvalue weighted by Crippen LogP contribution is -2.42. The van der Waals surface area contributed by atoms with Crippen LogP contribution in [-0.4, -0.2) is 35.8 Å². The van der Waals surface area contributed by atoms with Crippen molar-refractivity contribution in [1.82, 2.24) is 4.90 Å². The average molecular weight is 197 g/mol. The molecule has 1 saturated heterocycles. The quantitative estimate of drug-likeness (QED) is 0.433. The lowest BCUT2D eigenvalue weighted by molar-refractivity contribution is -0.154. The van der Waals surface area contributed by atoms with Crippen LogP contribution in [-0.2, 0) is 19.1 Å². The maximum absolute atomic E-state index is 11.3. The van der Waals surface area contributed by atoms with Crippen molar-refractivity contribution >= 4 is 17.7 Å². The number of carbonyl (C=O) groups excluding carboxylic acids is 3. The summed E-state index contributed by atoms with van der Waals surface area (Å²) in [5.41, 5.74) is 0. The highest BCUT2D eigenvalue weighted by Crippen LogP contribution is 2.05. The van der Waals surface area contributed by atoms with Crippen LogP contribution in [0.1, 0.15) is 12.8 Å². The van der Waals surface area contributed by atoms with Crippen molar-refractivity contribution in [1.29, 1.82) is 0 Å². The van der Waals surface area contributed by atoms with E-state index in [-0.39, 0.29) is 26.1 Å². The second kappa shape index (κ2) is 4.66. The molecule has 1 aliphatic heterocycles. The van der Waals surface area contributed by atoms with Crippen molar-refractivity contribution < 1.29 is 19.1 Å². The van der Waals surface area contributed by atoms with Crippen LogP contribution in [0.25, 0.3) is 0 Å². The van der Waals surface area contributed by atoms with Gasteiger partial charge >= 0.3 is 0 Å². The SMILES string of the molecule is C=CC(=O)N1C(=O)CCOCCC1=O. The van der Waals surface area contributed by atoms with Gasteiger partial charge in [0.05, 0.1) is 26.1 Å². The Hall–Kier alpha value is -1.49. The highest BCUT2D eigenvalue weighted by molar-refractivity contribution is 6.14. The zero-order valence-electron chi connectivity index (χ0n) is 7.69.